The maximum atomic E-state index is 14.7. The lowest BCUT2D eigenvalue weighted by atomic mass is 10.1. The van der Waals surface area contributed by atoms with Crippen LogP contribution in [0.25, 0.3) is 11.3 Å². The van der Waals surface area contributed by atoms with Crippen molar-refractivity contribution in [3.05, 3.63) is 53.0 Å². The number of carbonyl (C=O) groups excluding carboxylic acids is 1. The fraction of sp³-hybridized carbons (Fsp3) is 0.263. The van der Waals surface area contributed by atoms with Crippen LogP contribution in [0.1, 0.15) is 35.8 Å². The summed E-state index contributed by atoms with van der Waals surface area (Å²) in [6, 6.07) is 4.35. The summed E-state index contributed by atoms with van der Waals surface area (Å²) in [6.45, 7) is 2.30. The zero-order chi connectivity index (χ0) is 19.7. The molecule has 1 aromatic carbocycles. The molecule has 1 fully saturated rings. The number of benzene rings is 1. The molecule has 4 rings (SSSR count). The predicted molar refractivity (Wildman–Crippen MR) is 103 cm³/mol. The van der Waals surface area contributed by atoms with Crippen molar-refractivity contribution in [1.29, 1.82) is 0 Å². The Morgan fingerprint density at radius 1 is 1.36 bits per heavy atom. The van der Waals surface area contributed by atoms with Gasteiger partial charge in [-0.05, 0) is 31.9 Å². The molecule has 0 bridgehead atoms. The quantitative estimate of drug-likeness (QED) is 0.660. The zero-order valence-electron chi connectivity index (χ0n) is 15.1. The Morgan fingerprint density at radius 2 is 2.18 bits per heavy atom. The molecule has 0 spiro atoms. The first-order chi connectivity index (χ1) is 13.5. The molecular weight excluding hydrogens is 381 g/mol. The summed E-state index contributed by atoms with van der Waals surface area (Å²) in [4.78, 5) is 25.2. The Kier molecular flexibility index (Phi) is 4.68. The molecule has 1 aliphatic carbocycles. The highest BCUT2D eigenvalue weighted by Gasteiger charge is 2.48. The highest BCUT2D eigenvalue weighted by molar-refractivity contribution is 7.13. The summed E-state index contributed by atoms with van der Waals surface area (Å²) in [5.74, 6) is -0.755. The lowest BCUT2D eigenvalue weighted by molar-refractivity contribution is 0.0926. The number of hydrogen-bond donors (Lipinski definition) is 2. The van der Waals surface area contributed by atoms with Gasteiger partial charge in [0.2, 0.25) is 5.88 Å². The monoisotopic (exact) mass is 399 g/mol. The van der Waals surface area contributed by atoms with Gasteiger partial charge < -0.3 is 15.8 Å². The number of nitrogen functional groups attached to an aromatic ring is 1. The van der Waals surface area contributed by atoms with E-state index in [1.165, 1.54) is 35.9 Å². The molecule has 1 amide bonds. The van der Waals surface area contributed by atoms with Crippen molar-refractivity contribution >= 4 is 22.4 Å². The number of nitrogens with zero attached hydrogens (tertiary/aromatic N) is 3. The highest BCUT2D eigenvalue weighted by atomic mass is 32.1. The van der Waals surface area contributed by atoms with Crippen LogP contribution in [-0.2, 0) is 5.54 Å². The van der Waals surface area contributed by atoms with Gasteiger partial charge in [0.25, 0.3) is 5.91 Å². The van der Waals surface area contributed by atoms with E-state index in [2.05, 4.69) is 20.3 Å². The molecule has 9 heteroatoms. The van der Waals surface area contributed by atoms with Gasteiger partial charge in [-0.25, -0.2) is 14.4 Å². The molecule has 2 heterocycles. The number of nitrogens with two attached hydrogens (primary N) is 1. The first-order valence-corrected chi connectivity index (χ1v) is 9.67. The van der Waals surface area contributed by atoms with Gasteiger partial charge in [-0.3, -0.25) is 9.78 Å². The smallest absolute Gasteiger partial charge is 0.255 e. The number of amides is 1. The second-order valence-corrected chi connectivity index (χ2v) is 7.37. The van der Waals surface area contributed by atoms with Crippen molar-refractivity contribution in [2.75, 3.05) is 12.3 Å². The van der Waals surface area contributed by atoms with Gasteiger partial charge in [-0.2, -0.15) is 0 Å². The Labute approximate surface area is 164 Å². The van der Waals surface area contributed by atoms with Crippen LogP contribution < -0.4 is 15.8 Å². The molecule has 144 valence electrons. The van der Waals surface area contributed by atoms with Gasteiger partial charge in [-0.15, -0.1) is 11.3 Å². The van der Waals surface area contributed by atoms with E-state index >= 15 is 0 Å². The summed E-state index contributed by atoms with van der Waals surface area (Å²) in [7, 11) is 0. The van der Waals surface area contributed by atoms with Gasteiger partial charge in [0, 0.05) is 10.9 Å². The summed E-state index contributed by atoms with van der Waals surface area (Å²) < 4.78 is 20.0. The summed E-state index contributed by atoms with van der Waals surface area (Å²) in [5, 5.41) is 5.17. The van der Waals surface area contributed by atoms with Gasteiger partial charge >= 0.3 is 0 Å². The normalized spacial score (nSPS) is 14.5. The third-order valence-electron chi connectivity index (χ3n) is 4.53. The van der Waals surface area contributed by atoms with Crippen molar-refractivity contribution in [1.82, 2.24) is 20.3 Å². The molecule has 7 nitrogen and oxygen atoms in total. The van der Waals surface area contributed by atoms with E-state index in [4.69, 9.17) is 10.5 Å². The molecule has 0 saturated heterocycles. The zero-order valence-corrected chi connectivity index (χ0v) is 15.9. The van der Waals surface area contributed by atoms with Crippen LogP contribution in [-0.4, -0.2) is 27.5 Å². The fourth-order valence-electron chi connectivity index (χ4n) is 2.93. The molecular formula is C19H18FN5O2S. The van der Waals surface area contributed by atoms with Crippen LogP contribution >= 0.6 is 11.3 Å². The number of hydrogen-bond acceptors (Lipinski definition) is 7. The molecule has 0 unspecified atom stereocenters. The van der Waals surface area contributed by atoms with Crippen molar-refractivity contribution in [2.24, 2.45) is 0 Å². The largest absolute Gasteiger partial charge is 0.477 e. The van der Waals surface area contributed by atoms with Gasteiger partial charge in [-0.1, -0.05) is 6.07 Å². The molecule has 2 aromatic heterocycles. The van der Waals surface area contributed by atoms with Crippen LogP contribution in [0.4, 0.5) is 9.52 Å². The molecule has 3 N–H and O–H groups in total. The van der Waals surface area contributed by atoms with Crippen LogP contribution in [0.5, 0.6) is 5.88 Å². The SMILES string of the molecule is CCOc1cncc(-c2ccc(C(=O)NC3(c4csc(N)n4)CC3)c(F)c2)n1. The molecule has 0 aliphatic heterocycles. The maximum absolute atomic E-state index is 14.7. The molecule has 1 aliphatic rings. The number of rotatable bonds is 6. The first-order valence-electron chi connectivity index (χ1n) is 8.79. The number of ether oxygens (including phenoxy) is 1. The van der Waals surface area contributed by atoms with Crippen molar-refractivity contribution in [3.63, 3.8) is 0 Å². The lowest BCUT2D eigenvalue weighted by Gasteiger charge is -2.16. The average Bonchev–Trinajstić information content (AvgIpc) is 3.32. The number of aromatic nitrogens is 3. The van der Waals surface area contributed by atoms with Crippen LogP contribution in [0.3, 0.4) is 0 Å². The molecule has 0 radical (unpaired) electrons. The fourth-order valence-corrected chi connectivity index (χ4v) is 3.59. The number of thiazole rings is 1. The van der Waals surface area contributed by atoms with Crippen molar-refractivity contribution < 1.29 is 13.9 Å². The van der Waals surface area contributed by atoms with E-state index < -0.39 is 17.3 Å². The van der Waals surface area contributed by atoms with E-state index in [9.17, 15) is 9.18 Å². The van der Waals surface area contributed by atoms with Gasteiger partial charge in [0.05, 0.1) is 41.5 Å². The van der Waals surface area contributed by atoms with Crippen LogP contribution in [0.2, 0.25) is 0 Å². The topological polar surface area (TPSA) is 103 Å². The Bertz CT molecular complexity index is 1030. The lowest BCUT2D eigenvalue weighted by Crippen LogP contribution is -2.35. The Hall–Kier alpha value is -3.07. The summed E-state index contributed by atoms with van der Waals surface area (Å²) in [5.41, 5.74) is 6.80. The standard InChI is InChI=1S/C19H18FN5O2S/c1-2-27-16-9-22-8-14(23-16)11-3-4-12(13(20)7-11)17(26)25-19(5-6-19)15-10-28-18(21)24-15/h3-4,7-10H,2,5-6H2,1H3,(H2,21,24)(H,25,26). The van der Waals surface area contributed by atoms with Crippen molar-refractivity contribution in [2.45, 2.75) is 25.3 Å². The second kappa shape index (κ2) is 7.16. The Morgan fingerprint density at radius 3 is 2.82 bits per heavy atom. The van der Waals surface area contributed by atoms with E-state index in [-0.39, 0.29) is 5.56 Å². The van der Waals surface area contributed by atoms with E-state index in [1.54, 1.807) is 6.07 Å². The van der Waals surface area contributed by atoms with Crippen molar-refractivity contribution in [3.8, 4) is 17.1 Å². The summed E-state index contributed by atoms with van der Waals surface area (Å²) in [6.07, 6.45) is 4.51. The van der Waals surface area contributed by atoms with E-state index in [1.807, 2.05) is 12.3 Å². The number of carbonyl (C=O) groups is 1. The average molecular weight is 399 g/mol. The molecule has 1 saturated carbocycles. The van der Waals surface area contributed by atoms with E-state index in [0.717, 1.165) is 18.5 Å². The highest BCUT2D eigenvalue weighted by Crippen LogP contribution is 2.46. The van der Waals surface area contributed by atoms with Gasteiger partial charge in [0.15, 0.2) is 5.13 Å². The minimum absolute atomic E-state index is 0.0350. The van der Waals surface area contributed by atoms with Gasteiger partial charge in [0.1, 0.15) is 5.82 Å². The minimum Gasteiger partial charge on any atom is -0.477 e. The number of nitrogens with one attached hydrogen (secondary N) is 1. The maximum Gasteiger partial charge on any atom is 0.255 e. The van der Waals surface area contributed by atoms with Crippen LogP contribution in [0, 0.1) is 5.82 Å². The third-order valence-corrected chi connectivity index (χ3v) is 5.20. The number of anilines is 1. The second-order valence-electron chi connectivity index (χ2n) is 6.48. The minimum atomic E-state index is -0.632. The molecule has 0 atom stereocenters. The molecule has 3 aromatic rings. The molecule has 28 heavy (non-hydrogen) atoms. The summed E-state index contributed by atoms with van der Waals surface area (Å²) >= 11 is 1.32. The first kappa shape index (κ1) is 18.3. The third kappa shape index (κ3) is 3.53. The van der Waals surface area contributed by atoms with Crippen LogP contribution in [0.15, 0.2) is 36.0 Å². The number of halogens is 1. The predicted octanol–water partition coefficient (Wildman–Crippen LogP) is 3.14. The Balaban J connectivity index is 1.55. The van der Waals surface area contributed by atoms with E-state index in [0.29, 0.717) is 28.9 Å².